The van der Waals surface area contributed by atoms with Crippen molar-refractivity contribution in [1.82, 2.24) is 9.55 Å². The molecular weight excluding hydrogens is 392 g/mol. The molecule has 0 amide bonds. The lowest BCUT2D eigenvalue weighted by atomic mass is 10.1. The molecule has 0 bridgehead atoms. The van der Waals surface area contributed by atoms with Gasteiger partial charge in [0.05, 0.1) is 38.6 Å². The van der Waals surface area contributed by atoms with Crippen molar-refractivity contribution < 1.29 is 4.90 Å². The number of hydrogen-bond donors (Lipinski definition) is 1. The van der Waals surface area contributed by atoms with Gasteiger partial charge in [-0.3, -0.25) is 9.36 Å². The molecule has 6 heteroatoms. The SMILES string of the molecule is C[NH+]1CCN(c2nc3sc4c(c3c(=O)n2CCc2ccccc2)CCCCC4)CC1. The molecule has 2 aromatic heterocycles. The summed E-state index contributed by atoms with van der Waals surface area (Å²) in [6, 6.07) is 10.5. The van der Waals surface area contributed by atoms with E-state index in [9.17, 15) is 4.79 Å². The second kappa shape index (κ2) is 8.52. The molecule has 30 heavy (non-hydrogen) atoms. The van der Waals surface area contributed by atoms with Gasteiger partial charge in [0.25, 0.3) is 5.56 Å². The second-order valence-electron chi connectivity index (χ2n) is 8.79. The summed E-state index contributed by atoms with van der Waals surface area (Å²) in [6.45, 7) is 4.78. The lowest BCUT2D eigenvalue weighted by molar-refractivity contribution is -0.880. The Morgan fingerprint density at radius 1 is 1.07 bits per heavy atom. The molecule has 158 valence electrons. The van der Waals surface area contributed by atoms with Gasteiger partial charge in [-0.1, -0.05) is 36.8 Å². The summed E-state index contributed by atoms with van der Waals surface area (Å²) < 4.78 is 1.98. The molecule has 5 rings (SSSR count). The Morgan fingerprint density at radius 3 is 2.63 bits per heavy atom. The van der Waals surface area contributed by atoms with E-state index in [-0.39, 0.29) is 5.56 Å². The minimum Gasteiger partial charge on any atom is -0.334 e. The van der Waals surface area contributed by atoms with Crippen molar-refractivity contribution in [3.63, 3.8) is 0 Å². The van der Waals surface area contributed by atoms with E-state index in [1.807, 2.05) is 10.6 Å². The average molecular weight is 424 g/mol. The Bertz CT molecular complexity index is 1080. The van der Waals surface area contributed by atoms with Crippen molar-refractivity contribution in [2.24, 2.45) is 0 Å². The average Bonchev–Trinajstić information content (AvgIpc) is 2.95. The van der Waals surface area contributed by atoms with Crippen LogP contribution in [-0.4, -0.2) is 42.8 Å². The third-order valence-corrected chi connectivity index (χ3v) is 7.86. The molecule has 1 saturated heterocycles. The van der Waals surface area contributed by atoms with E-state index in [1.54, 1.807) is 16.2 Å². The van der Waals surface area contributed by atoms with Crippen molar-refractivity contribution in [3.05, 3.63) is 56.7 Å². The molecule has 0 saturated carbocycles. The number of piperazine rings is 1. The fourth-order valence-electron chi connectivity index (χ4n) is 4.82. The molecule has 1 N–H and O–H groups in total. The maximum Gasteiger partial charge on any atom is 0.263 e. The first kappa shape index (κ1) is 19.8. The van der Waals surface area contributed by atoms with Crippen molar-refractivity contribution in [2.75, 3.05) is 38.1 Å². The second-order valence-corrected chi connectivity index (χ2v) is 9.88. The van der Waals surface area contributed by atoms with Gasteiger partial charge < -0.3 is 9.80 Å². The van der Waals surface area contributed by atoms with Gasteiger partial charge in [-0.25, -0.2) is 4.98 Å². The third kappa shape index (κ3) is 3.79. The number of benzene rings is 1. The predicted octanol–water partition coefficient (Wildman–Crippen LogP) is 2.30. The van der Waals surface area contributed by atoms with Crippen molar-refractivity contribution in [2.45, 2.75) is 45.1 Å². The Kier molecular flexibility index (Phi) is 5.61. The number of hydrogen-bond acceptors (Lipinski definition) is 4. The largest absolute Gasteiger partial charge is 0.334 e. The van der Waals surface area contributed by atoms with E-state index < -0.39 is 0 Å². The number of rotatable bonds is 4. The van der Waals surface area contributed by atoms with Crippen LogP contribution in [0.1, 0.15) is 35.3 Å². The quantitative estimate of drug-likeness (QED) is 0.655. The number of nitrogens with zero attached hydrogens (tertiary/aromatic N) is 3. The van der Waals surface area contributed by atoms with Crippen LogP contribution in [0, 0.1) is 0 Å². The standard InChI is InChI=1S/C24H30N4OS/c1-26-14-16-27(17-15-26)24-25-22-21(19-10-6-3-7-11-20(19)30-22)23(29)28(24)13-12-18-8-4-2-5-9-18/h2,4-5,8-9H,3,6-7,10-17H2,1H3/p+1. The summed E-state index contributed by atoms with van der Waals surface area (Å²) >= 11 is 1.77. The van der Waals surface area contributed by atoms with Crippen LogP contribution >= 0.6 is 11.3 Å². The first-order valence-electron chi connectivity index (χ1n) is 11.4. The van der Waals surface area contributed by atoms with E-state index in [4.69, 9.17) is 4.98 Å². The van der Waals surface area contributed by atoms with Crippen molar-refractivity contribution >= 4 is 27.5 Å². The zero-order chi connectivity index (χ0) is 20.5. The minimum absolute atomic E-state index is 0.177. The maximum absolute atomic E-state index is 13.8. The number of aromatic nitrogens is 2. The van der Waals surface area contributed by atoms with Gasteiger partial charge in [0.2, 0.25) is 5.95 Å². The van der Waals surface area contributed by atoms with Crippen LogP contribution in [0.25, 0.3) is 10.2 Å². The molecule has 0 radical (unpaired) electrons. The van der Waals surface area contributed by atoms with Crippen LogP contribution in [0.15, 0.2) is 35.1 Å². The zero-order valence-corrected chi connectivity index (χ0v) is 18.6. The molecule has 5 nitrogen and oxygen atoms in total. The number of aryl methyl sites for hydroxylation is 3. The molecule has 0 spiro atoms. The normalized spacial score (nSPS) is 17.8. The van der Waals surface area contributed by atoms with Crippen LogP contribution in [0.4, 0.5) is 5.95 Å². The summed E-state index contributed by atoms with van der Waals surface area (Å²) in [5, 5.41) is 0.911. The van der Waals surface area contributed by atoms with Crippen LogP contribution in [-0.2, 0) is 25.8 Å². The van der Waals surface area contributed by atoms with Gasteiger partial charge in [-0.15, -0.1) is 11.3 Å². The van der Waals surface area contributed by atoms with Gasteiger partial charge in [0, 0.05) is 11.4 Å². The monoisotopic (exact) mass is 423 g/mol. The Labute approximate surface area is 182 Å². The summed E-state index contributed by atoms with van der Waals surface area (Å²) in [6.07, 6.45) is 6.67. The van der Waals surface area contributed by atoms with E-state index in [2.05, 4.69) is 36.2 Å². The van der Waals surface area contributed by atoms with Gasteiger partial charge in [0.1, 0.15) is 4.83 Å². The van der Waals surface area contributed by atoms with Crippen LogP contribution in [0.5, 0.6) is 0 Å². The molecule has 1 aromatic carbocycles. The lowest BCUT2D eigenvalue weighted by Crippen LogP contribution is -3.12. The van der Waals surface area contributed by atoms with Crippen LogP contribution in [0.2, 0.25) is 0 Å². The molecule has 0 unspecified atom stereocenters. The lowest BCUT2D eigenvalue weighted by Gasteiger charge is -2.32. The zero-order valence-electron chi connectivity index (χ0n) is 17.8. The van der Waals surface area contributed by atoms with Gasteiger partial charge >= 0.3 is 0 Å². The molecule has 2 aliphatic rings. The first-order valence-corrected chi connectivity index (χ1v) is 12.2. The number of fused-ring (bicyclic) bond motifs is 3. The fraction of sp³-hybridized carbons (Fsp3) is 0.500. The number of quaternary nitrogens is 1. The molecule has 1 fully saturated rings. The molecule has 3 heterocycles. The maximum atomic E-state index is 13.8. The van der Waals surface area contributed by atoms with E-state index >= 15 is 0 Å². The Hall–Kier alpha value is -2.18. The van der Waals surface area contributed by atoms with E-state index in [1.165, 1.54) is 35.3 Å². The fourth-order valence-corrected chi connectivity index (χ4v) is 6.07. The minimum atomic E-state index is 0.177. The number of nitrogens with one attached hydrogen (secondary N) is 1. The van der Waals surface area contributed by atoms with Gasteiger partial charge in [0.15, 0.2) is 0 Å². The van der Waals surface area contributed by atoms with Crippen molar-refractivity contribution in [1.29, 1.82) is 0 Å². The highest BCUT2D eigenvalue weighted by Gasteiger charge is 2.26. The van der Waals surface area contributed by atoms with Gasteiger partial charge in [-0.05, 0) is 43.2 Å². The van der Waals surface area contributed by atoms with E-state index in [0.717, 1.165) is 61.6 Å². The molecule has 3 aromatic rings. The molecule has 0 atom stereocenters. The predicted molar refractivity (Wildman–Crippen MR) is 124 cm³/mol. The third-order valence-electron chi connectivity index (χ3n) is 6.67. The molecule has 1 aliphatic carbocycles. The summed E-state index contributed by atoms with van der Waals surface area (Å²) in [4.78, 5) is 25.2. The highest BCUT2D eigenvalue weighted by molar-refractivity contribution is 7.18. The summed E-state index contributed by atoms with van der Waals surface area (Å²) in [5.74, 6) is 0.882. The number of likely N-dealkylation sites (N-methyl/N-ethyl adjacent to an activating group) is 1. The topological polar surface area (TPSA) is 42.6 Å². The molecule has 1 aliphatic heterocycles. The highest BCUT2D eigenvalue weighted by Crippen LogP contribution is 2.34. The smallest absolute Gasteiger partial charge is 0.263 e. The van der Waals surface area contributed by atoms with E-state index in [0.29, 0.717) is 6.54 Å². The number of anilines is 1. The molecular formula is C24H31N4OS+. The van der Waals surface area contributed by atoms with Gasteiger partial charge in [-0.2, -0.15) is 0 Å². The number of thiophene rings is 1. The summed E-state index contributed by atoms with van der Waals surface area (Å²) in [7, 11) is 2.24. The van der Waals surface area contributed by atoms with Crippen LogP contribution < -0.4 is 15.4 Å². The highest BCUT2D eigenvalue weighted by atomic mass is 32.1. The first-order chi connectivity index (χ1) is 14.7. The van der Waals surface area contributed by atoms with Crippen LogP contribution in [0.3, 0.4) is 0 Å². The Morgan fingerprint density at radius 2 is 1.83 bits per heavy atom. The summed E-state index contributed by atoms with van der Waals surface area (Å²) in [5.41, 5.74) is 2.74. The van der Waals surface area contributed by atoms with Crippen molar-refractivity contribution in [3.8, 4) is 0 Å². The Balaban J connectivity index is 1.59.